The average molecular weight is 329 g/mol. The first-order chi connectivity index (χ1) is 9.02. The zero-order chi connectivity index (χ0) is 14.0. The van der Waals surface area contributed by atoms with E-state index < -0.39 is 5.97 Å². The van der Waals surface area contributed by atoms with Crippen LogP contribution in [0.1, 0.15) is 23.7 Å². The van der Waals surface area contributed by atoms with Gasteiger partial charge in [0, 0.05) is 22.5 Å². The van der Waals surface area contributed by atoms with Crippen LogP contribution in [0.2, 0.25) is 0 Å². The number of benzene rings is 1. The summed E-state index contributed by atoms with van der Waals surface area (Å²) in [5, 5.41) is 3.37. The number of methoxy groups -OCH3 is 1. The Morgan fingerprint density at radius 1 is 1.58 bits per heavy atom. The second-order valence-corrected chi connectivity index (χ2v) is 5.38. The van der Waals surface area contributed by atoms with Gasteiger partial charge in [0.15, 0.2) is 0 Å². The van der Waals surface area contributed by atoms with Gasteiger partial charge in [0.05, 0.1) is 24.8 Å². The topological polar surface area (TPSA) is 73.6 Å². The van der Waals surface area contributed by atoms with Crippen LogP contribution in [-0.2, 0) is 9.47 Å². The summed E-state index contributed by atoms with van der Waals surface area (Å²) in [6.07, 6.45) is 1.08. The van der Waals surface area contributed by atoms with Crippen molar-refractivity contribution in [1.82, 2.24) is 0 Å². The smallest absolute Gasteiger partial charge is 0.340 e. The summed E-state index contributed by atoms with van der Waals surface area (Å²) in [4.78, 5) is 11.6. The average Bonchev–Trinajstić information content (AvgIpc) is 2.77. The van der Waals surface area contributed by atoms with E-state index in [2.05, 4.69) is 21.2 Å². The van der Waals surface area contributed by atoms with Crippen molar-refractivity contribution in [3.8, 4) is 0 Å². The number of halogens is 1. The van der Waals surface area contributed by atoms with Crippen molar-refractivity contribution in [3.05, 3.63) is 22.2 Å². The highest BCUT2D eigenvalue weighted by atomic mass is 79.9. The lowest BCUT2D eigenvalue weighted by Gasteiger charge is -2.19. The first-order valence-corrected chi connectivity index (χ1v) is 6.87. The Morgan fingerprint density at radius 3 is 2.89 bits per heavy atom. The number of carbonyl (C=O) groups excluding carboxylic acids is 1. The predicted molar refractivity (Wildman–Crippen MR) is 77.3 cm³/mol. The molecule has 2 rings (SSSR count). The van der Waals surface area contributed by atoms with Crippen molar-refractivity contribution >= 4 is 33.3 Å². The molecule has 0 bridgehead atoms. The van der Waals surface area contributed by atoms with Crippen LogP contribution in [0.3, 0.4) is 0 Å². The number of carbonyl (C=O) groups is 1. The molecule has 6 heteroatoms. The summed E-state index contributed by atoms with van der Waals surface area (Å²) in [6, 6.07) is 3.64. The van der Waals surface area contributed by atoms with Crippen molar-refractivity contribution < 1.29 is 14.3 Å². The van der Waals surface area contributed by atoms with Crippen molar-refractivity contribution in [1.29, 1.82) is 0 Å². The monoisotopic (exact) mass is 328 g/mol. The van der Waals surface area contributed by atoms with E-state index in [9.17, 15) is 4.79 Å². The van der Waals surface area contributed by atoms with Crippen molar-refractivity contribution in [2.75, 3.05) is 24.8 Å². The molecule has 2 unspecified atom stereocenters. The van der Waals surface area contributed by atoms with Gasteiger partial charge in [0.1, 0.15) is 0 Å². The molecule has 3 N–H and O–H groups in total. The molecule has 5 nitrogen and oxygen atoms in total. The van der Waals surface area contributed by atoms with Crippen LogP contribution in [0.4, 0.5) is 11.4 Å². The van der Waals surface area contributed by atoms with Crippen LogP contribution in [-0.4, -0.2) is 31.8 Å². The zero-order valence-electron chi connectivity index (χ0n) is 10.9. The number of rotatable bonds is 3. The van der Waals surface area contributed by atoms with Crippen LogP contribution in [0, 0.1) is 0 Å². The lowest BCUT2D eigenvalue weighted by Crippen LogP contribution is -2.27. The molecule has 1 fully saturated rings. The summed E-state index contributed by atoms with van der Waals surface area (Å²) in [7, 11) is 1.34. The van der Waals surface area contributed by atoms with Gasteiger partial charge in [0.2, 0.25) is 0 Å². The fourth-order valence-electron chi connectivity index (χ4n) is 2.11. The Bertz CT molecular complexity index is 493. The minimum Gasteiger partial charge on any atom is -0.465 e. The summed E-state index contributed by atoms with van der Waals surface area (Å²) in [6.45, 7) is 2.77. The Morgan fingerprint density at radius 2 is 2.32 bits per heavy atom. The second-order valence-electron chi connectivity index (χ2n) is 4.53. The highest BCUT2D eigenvalue weighted by Crippen LogP contribution is 2.30. The fourth-order valence-corrected chi connectivity index (χ4v) is 2.58. The Balaban J connectivity index is 2.27. The van der Waals surface area contributed by atoms with E-state index in [1.807, 2.05) is 6.92 Å². The first kappa shape index (κ1) is 14.1. The van der Waals surface area contributed by atoms with E-state index in [4.69, 9.17) is 15.2 Å². The number of anilines is 2. The number of nitrogens with two attached hydrogens (primary N) is 1. The largest absolute Gasteiger partial charge is 0.465 e. The maximum absolute atomic E-state index is 11.6. The van der Waals surface area contributed by atoms with E-state index in [0.29, 0.717) is 11.3 Å². The van der Waals surface area contributed by atoms with Gasteiger partial charge >= 0.3 is 5.97 Å². The molecule has 1 aromatic rings. The lowest BCUT2D eigenvalue weighted by atomic mass is 10.1. The van der Waals surface area contributed by atoms with Gasteiger partial charge in [-0.2, -0.15) is 0 Å². The Hall–Kier alpha value is -1.27. The van der Waals surface area contributed by atoms with Gasteiger partial charge < -0.3 is 20.5 Å². The summed E-state index contributed by atoms with van der Waals surface area (Å²) < 4.78 is 11.0. The van der Waals surface area contributed by atoms with Crippen LogP contribution in [0.5, 0.6) is 0 Å². The molecule has 1 aliphatic rings. The lowest BCUT2D eigenvalue weighted by molar-refractivity contribution is 0.0602. The maximum Gasteiger partial charge on any atom is 0.340 e. The van der Waals surface area contributed by atoms with E-state index in [0.717, 1.165) is 23.2 Å². The highest BCUT2D eigenvalue weighted by Gasteiger charge is 2.25. The number of hydrogen-bond acceptors (Lipinski definition) is 5. The quantitative estimate of drug-likeness (QED) is 0.658. The third-order valence-electron chi connectivity index (χ3n) is 3.26. The third kappa shape index (κ3) is 3.01. The van der Waals surface area contributed by atoms with Crippen molar-refractivity contribution in [2.24, 2.45) is 0 Å². The van der Waals surface area contributed by atoms with Gasteiger partial charge in [-0.05, 0) is 41.4 Å². The van der Waals surface area contributed by atoms with E-state index in [1.54, 1.807) is 12.1 Å². The molecule has 1 saturated heterocycles. The van der Waals surface area contributed by atoms with Crippen molar-refractivity contribution in [3.63, 3.8) is 0 Å². The van der Waals surface area contributed by atoms with Crippen LogP contribution < -0.4 is 11.1 Å². The third-order valence-corrected chi connectivity index (χ3v) is 3.92. The number of nitrogen functional groups attached to an aromatic ring is 1. The Kier molecular flexibility index (Phi) is 4.31. The van der Waals surface area contributed by atoms with Gasteiger partial charge in [-0.3, -0.25) is 0 Å². The molecular weight excluding hydrogens is 312 g/mol. The molecule has 1 heterocycles. The SMILES string of the molecule is COC(=O)c1cc(NC2CCOC2C)c(Br)cc1N. The standard InChI is InChI=1S/C13H17BrN2O3/c1-7-11(3-4-19-7)16-12-5-8(13(17)18-2)10(15)6-9(12)14/h5-7,11,16H,3-4,15H2,1-2H3. The number of nitrogens with one attached hydrogen (secondary N) is 1. The maximum atomic E-state index is 11.6. The van der Waals surface area contributed by atoms with Gasteiger partial charge in [0.25, 0.3) is 0 Å². The normalized spacial score (nSPS) is 22.3. The van der Waals surface area contributed by atoms with E-state index in [-0.39, 0.29) is 12.1 Å². The molecule has 104 valence electrons. The summed E-state index contributed by atoms with van der Waals surface area (Å²) in [5.74, 6) is -0.441. The molecule has 1 aromatic carbocycles. The van der Waals surface area contributed by atoms with Crippen molar-refractivity contribution in [2.45, 2.75) is 25.5 Å². The molecule has 0 radical (unpaired) electrons. The van der Waals surface area contributed by atoms with Crippen LogP contribution in [0.25, 0.3) is 0 Å². The minimum absolute atomic E-state index is 0.144. The van der Waals surface area contributed by atoms with Crippen LogP contribution in [0.15, 0.2) is 16.6 Å². The molecule has 2 atom stereocenters. The molecule has 0 amide bonds. The van der Waals surface area contributed by atoms with E-state index in [1.165, 1.54) is 7.11 Å². The van der Waals surface area contributed by atoms with Gasteiger partial charge in [-0.25, -0.2) is 4.79 Å². The molecule has 1 aliphatic heterocycles. The zero-order valence-corrected chi connectivity index (χ0v) is 12.5. The molecular formula is C13H17BrN2O3. The molecule has 0 aromatic heterocycles. The van der Waals surface area contributed by atoms with E-state index >= 15 is 0 Å². The van der Waals surface area contributed by atoms with Gasteiger partial charge in [-0.1, -0.05) is 0 Å². The molecule has 0 spiro atoms. The number of ether oxygens (including phenoxy) is 2. The predicted octanol–water partition coefficient (Wildman–Crippen LogP) is 2.41. The number of hydrogen-bond donors (Lipinski definition) is 2. The summed E-state index contributed by atoms with van der Waals surface area (Å²) in [5.41, 5.74) is 7.39. The molecule has 0 aliphatic carbocycles. The van der Waals surface area contributed by atoms with Gasteiger partial charge in [-0.15, -0.1) is 0 Å². The first-order valence-electron chi connectivity index (χ1n) is 6.08. The molecule has 0 saturated carbocycles. The van der Waals surface area contributed by atoms with Crippen LogP contribution >= 0.6 is 15.9 Å². The summed E-state index contributed by atoms with van der Waals surface area (Å²) >= 11 is 3.44. The fraction of sp³-hybridized carbons (Fsp3) is 0.462. The Labute approximate surface area is 120 Å². The second kappa shape index (κ2) is 5.79. The highest BCUT2D eigenvalue weighted by molar-refractivity contribution is 9.10. The molecule has 19 heavy (non-hydrogen) atoms. The minimum atomic E-state index is -0.441. The number of esters is 1.